The molecule has 1 N–H and O–H groups in total. The van der Waals surface area contributed by atoms with Gasteiger partial charge in [-0.3, -0.25) is 4.79 Å². The molecule has 138 valence electrons. The van der Waals surface area contributed by atoms with E-state index in [4.69, 9.17) is 0 Å². The molecule has 0 saturated carbocycles. The van der Waals surface area contributed by atoms with Crippen LogP contribution in [0.1, 0.15) is 28.3 Å². The highest BCUT2D eigenvalue weighted by atomic mass is 32.2. The van der Waals surface area contributed by atoms with E-state index in [0.717, 1.165) is 16.0 Å². The van der Waals surface area contributed by atoms with Gasteiger partial charge in [-0.15, -0.1) is 11.3 Å². The van der Waals surface area contributed by atoms with Gasteiger partial charge in [0.2, 0.25) is 15.7 Å². The number of benzene rings is 2. The molecule has 0 fully saturated rings. The average molecular weight is 401 g/mol. The summed E-state index contributed by atoms with van der Waals surface area (Å²) < 4.78 is 39.5. The predicted molar refractivity (Wildman–Crippen MR) is 102 cm³/mol. The number of hydrogen-bond donors (Lipinski definition) is 1. The zero-order valence-electron chi connectivity index (χ0n) is 14.4. The van der Waals surface area contributed by atoms with E-state index >= 15 is 0 Å². The molecule has 1 atom stereocenters. The average Bonchev–Trinajstić information content (AvgIpc) is 3.06. The SMILES string of the molecule is Cc1cccc(S(=O)(=O)c2csc3c2NC(=O)C[C@@H]3c2ccc(F)cc2)c1. The van der Waals surface area contributed by atoms with Crippen molar-refractivity contribution in [2.24, 2.45) is 0 Å². The molecule has 3 aromatic rings. The first-order valence-corrected chi connectivity index (χ1v) is 10.7. The molecular formula is C20H16FNO3S2. The van der Waals surface area contributed by atoms with Gasteiger partial charge < -0.3 is 5.32 Å². The van der Waals surface area contributed by atoms with Crippen LogP contribution in [0.15, 0.2) is 63.7 Å². The Labute approximate surface area is 160 Å². The number of aryl methyl sites for hydroxylation is 1. The Balaban J connectivity index is 1.83. The number of carbonyl (C=O) groups is 1. The molecule has 2 aromatic carbocycles. The second-order valence-corrected chi connectivity index (χ2v) is 9.34. The molecule has 0 radical (unpaired) electrons. The monoisotopic (exact) mass is 401 g/mol. The maximum atomic E-state index is 13.3. The van der Waals surface area contributed by atoms with Crippen molar-refractivity contribution in [3.05, 3.63) is 75.7 Å². The maximum absolute atomic E-state index is 13.3. The van der Waals surface area contributed by atoms with E-state index in [-0.39, 0.29) is 33.9 Å². The van der Waals surface area contributed by atoms with Gasteiger partial charge in [-0.05, 0) is 42.3 Å². The normalized spacial score (nSPS) is 16.7. The lowest BCUT2D eigenvalue weighted by atomic mass is 9.91. The van der Waals surface area contributed by atoms with E-state index in [0.29, 0.717) is 5.69 Å². The summed E-state index contributed by atoms with van der Waals surface area (Å²) in [5.41, 5.74) is 1.97. The van der Waals surface area contributed by atoms with E-state index in [1.165, 1.54) is 23.5 Å². The summed E-state index contributed by atoms with van der Waals surface area (Å²) in [7, 11) is -3.76. The van der Waals surface area contributed by atoms with Gasteiger partial charge in [0.05, 0.1) is 10.6 Å². The molecule has 0 aliphatic carbocycles. The Morgan fingerprint density at radius 3 is 2.59 bits per heavy atom. The summed E-state index contributed by atoms with van der Waals surface area (Å²) in [6.45, 7) is 1.83. The van der Waals surface area contributed by atoms with Crippen molar-refractivity contribution < 1.29 is 17.6 Å². The number of fused-ring (bicyclic) bond motifs is 1. The van der Waals surface area contributed by atoms with Crippen LogP contribution >= 0.6 is 11.3 Å². The summed E-state index contributed by atoms with van der Waals surface area (Å²) in [6, 6.07) is 12.7. The van der Waals surface area contributed by atoms with Gasteiger partial charge in [0.15, 0.2) is 0 Å². The number of thiophene rings is 1. The smallest absolute Gasteiger partial charge is 0.225 e. The van der Waals surface area contributed by atoms with E-state index in [1.807, 2.05) is 13.0 Å². The zero-order valence-corrected chi connectivity index (χ0v) is 16.0. The van der Waals surface area contributed by atoms with Crippen molar-refractivity contribution in [1.29, 1.82) is 0 Å². The number of anilines is 1. The fraction of sp³-hybridized carbons (Fsp3) is 0.150. The maximum Gasteiger partial charge on any atom is 0.225 e. The number of nitrogens with one attached hydrogen (secondary N) is 1. The van der Waals surface area contributed by atoms with E-state index in [1.54, 1.807) is 35.7 Å². The molecule has 1 aliphatic heterocycles. The molecule has 1 amide bonds. The Morgan fingerprint density at radius 2 is 1.89 bits per heavy atom. The van der Waals surface area contributed by atoms with Crippen molar-refractivity contribution in [3.8, 4) is 0 Å². The van der Waals surface area contributed by atoms with Crippen LogP contribution in [-0.2, 0) is 14.6 Å². The lowest BCUT2D eigenvalue weighted by molar-refractivity contribution is -0.116. The molecule has 1 aliphatic rings. The second kappa shape index (κ2) is 6.58. The fourth-order valence-electron chi connectivity index (χ4n) is 3.28. The van der Waals surface area contributed by atoms with Crippen LogP contribution in [0.25, 0.3) is 0 Å². The van der Waals surface area contributed by atoms with Crippen LogP contribution in [0.2, 0.25) is 0 Å². The molecule has 4 rings (SSSR count). The van der Waals surface area contributed by atoms with E-state index < -0.39 is 9.84 Å². The standard InChI is InChI=1S/C20H16FNO3S2/c1-12-3-2-4-15(9-12)27(24,25)17-11-26-20-16(10-18(23)22-19(17)20)13-5-7-14(21)8-6-13/h2-9,11,16H,10H2,1H3,(H,22,23)/t16-/m1/s1. The molecule has 1 aromatic heterocycles. The zero-order chi connectivity index (χ0) is 19.2. The van der Waals surface area contributed by atoms with E-state index in [2.05, 4.69) is 5.32 Å². The van der Waals surface area contributed by atoms with Gasteiger partial charge in [-0.1, -0.05) is 24.3 Å². The van der Waals surface area contributed by atoms with Crippen LogP contribution in [0, 0.1) is 12.7 Å². The number of carbonyl (C=O) groups excluding carboxylic acids is 1. The summed E-state index contributed by atoms with van der Waals surface area (Å²) in [4.78, 5) is 13.3. The lowest BCUT2D eigenvalue weighted by Crippen LogP contribution is -2.23. The van der Waals surface area contributed by atoms with Gasteiger partial charge >= 0.3 is 0 Å². The Kier molecular flexibility index (Phi) is 4.36. The Bertz CT molecular complexity index is 1130. The third-order valence-corrected chi connectivity index (χ3v) is 7.64. The molecule has 27 heavy (non-hydrogen) atoms. The van der Waals surface area contributed by atoms with Crippen LogP contribution < -0.4 is 5.32 Å². The first-order valence-electron chi connectivity index (χ1n) is 8.35. The molecule has 0 bridgehead atoms. The van der Waals surface area contributed by atoms with Crippen LogP contribution in [-0.4, -0.2) is 14.3 Å². The van der Waals surface area contributed by atoms with Crippen molar-refractivity contribution in [2.75, 3.05) is 5.32 Å². The molecule has 4 nitrogen and oxygen atoms in total. The molecule has 0 spiro atoms. The minimum Gasteiger partial charge on any atom is -0.324 e. The quantitative estimate of drug-likeness (QED) is 0.703. The third-order valence-electron chi connectivity index (χ3n) is 4.62. The summed E-state index contributed by atoms with van der Waals surface area (Å²) >= 11 is 1.30. The number of halogens is 1. The molecule has 2 heterocycles. The van der Waals surface area contributed by atoms with Gasteiger partial charge in [0.1, 0.15) is 10.7 Å². The third kappa shape index (κ3) is 3.17. The first-order chi connectivity index (χ1) is 12.9. The van der Waals surface area contributed by atoms with Crippen molar-refractivity contribution in [3.63, 3.8) is 0 Å². The lowest BCUT2D eigenvalue weighted by Gasteiger charge is -2.23. The second-order valence-electron chi connectivity index (χ2n) is 6.52. The Hall–Kier alpha value is -2.51. The summed E-state index contributed by atoms with van der Waals surface area (Å²) in [6.07, 6.45) is 0.197. The molecule has 0 unspecified atom stereocenters. The van der Waals surface area contributed by atoms with Gasteiger partial charge in [-0.25, -0.2) is 12.8 Å². The number of amides is 1. The predicted octanol–water partition coefficient (Wildman–Crippen LogP) is 4.50. The molecule has 7 heteroatoms. The highest BCUT2D eigenvalue weighted by Crippen LogP contribution is 2.45. The summed E-state index contributed by atoms with van der Waals surface area (Å²) in [5.74, 6) is -0.898. The van der Waals surface area contributed by atoms with Crippen molar-refractivity contribution >= 4 is 32.8 Å². The van der Waals surface area contributed by atoms with Gasteiger partial charge in [-0.2, -0.15) is 0 Å². The topological polar surface area (TPSA) is 63.2 Å². The molecular weight excluding hydrogens is 385 g/mol. The summed E-state index contributed by atoms with van der Waals surface area (Å²) in [5, 5.41) is 4.30. The van der Waals surface area contributed by atoms with Gasteiger partial charge in [0.25, 0.3) is 0 Å². The van der Waals surface area contributed by atoms with Crippen LogP contribution in [0.3, 0.4) is 0 Å². The van der Waals surface area contributed by atoms with Gasteiger partial charge in [0, 0.05) is 22.6 Å². The molecule has 0 saturated heterocycles. The van der Waals surface area contributed by atoms with Crippen LogP contribution in [0.5, 0.6) is 0 Å². The van der Waals surface area contributed by atoms with Crippen molar-refractivity contribution in [2.45, 2.75) is 29.1 Å². The first kappa shape index (κ1) is 17.9. The van der Waals surface area contributed by atoms with Crippen molar-refractivity contribution in [1.82, 2.24) is 0 Å². The van der Waals surface area contributed by atoms with Crippen LogP contribution in [0.4, 0.5) is 10.1 Å². The number of rotatable bonds is 3. The number of sulfone groups is 1. The largest absolute Gasteiger partial charge is 0.324 e. The van der Waals surface area contributed by atoms with E-state index in [9.17, 15) is 17.6 Å². The minimum absolute atomic E-state index is 0.105. The highest BCUT2D eigenvalue weighted by molar-refractivity contribution is 7.91. The fourth-order valence-corrected chi connectivity index (χ4v) is 6.29. The minimum atomic E-state index is -3.76. The highest BCUT2D eigenvalue weighted by Gasteiger charge is 2.34. The Morgan fingerprint density at radius 1 is 1.15 bits per heavy atom. The number of hydrogen-bond acceptors (Lipinski definition) is 4.